The Hall–Kier alpha value is -1.07. The van der Waals surface area contributed by atoms with Gasteiger partial charge in [0.1, 0.15) is 18.5 Å². The van der Waals surface area contributed by atoms with E-state index in [2.05, 4.69) is 0 Å². The number of aryl methyl sites for hydroxylation is 1. The van der Waals surface area contributed by atoms with Gasteiger partial charge in [0, 0.05) is 12.7 Å². The maximum absolute atomic E-state index is 10.5. The summed E-state index contributed by atoms with van der Waals surface area (Å²) < 4.78 is 10.6. The third kappa shape index (κ3) is 3.33. The molecule has 0 aliphatic carbocycles. The van der Waals surface area contributed by atoms with Gasteiger partial charge in [-0.3, -0.25) is 0 Å². The highest BCUT2D eigenvalue weighted by Crippen LogP contribution is 2.38. The fourth-order valence-electron chi connectivity index (χ4n) is 1.85. The van der Waals surface area contributed by atoms with E-state index in [4.69, 9.17) is 21.1 Å². The van der Waals surface area contributed by atoms with Crippen molar-refractivity contribution in [3.63, 3.8) is 0 Å². The topological polar surface area (TPSA) is 38.7 Å². The molecule has 0 aliphatic rings. The molecule has 108 valence electrons. The number of hydrogen-bond donors (Lipinski definition) is 1. The van der Waals surface area contributed by atoms with E-state index in [9.17, 15) is 5.11 Å². The second kappa shape index (κ2) is 7.09. The van der Waals surface area contributed by atoms with Crippen molar-refractivity contribution in [2.24, 2.45) is 0 Å². The monoisotopic (exact) mass is 312 g/mol. The molecule has 0 aliphatic heterocycles. The van der Waals surface area contributed by atoms with Crippen LogP contribution < -0.4 is 4.74 Å². The van der Waals surface area contributed by atoms with E-state index in [1.165, 1.54) is 11.3 Å². The maximum Gasteiger partial charge on any atom is 0.125 e. The van der Waals surface area contributed by atoms with Crippen LogP contribution in [0.1, 0.15) is 22.1 Å². The van der Waals surface area contributed by atoms with Crippen molar-refractivity contribution in [1.29, 1.82) is 0 Å². The fourth-order valence-corrected chi connectivity index (χ4v) is 3.15. The zero-order valence-electron chi connectivity index (χ0n) is 11.4. The molecule has 0 bridgehead atoms. The quantitative estimate of drug-likeness (QED) is 0.824. The lowest BCUT2D eigenvalue weighted by Crippen LogP contribution is -2.08. The van der Waals surface area contributed by atoms with Crippen LogP contribution in [0.5, 0.6) is 5.75 Å². The second-order valence-corrected chi connectivity index (χ2v) is 5.67. The number of rotatable bonds is 6. The number of thiophene rings is 1. The van der Waals surface area contributed by atoms with Gasteiger partial charge in [-0.05, 0) is 23.9 Å². The number of para-hydroxylation sites is 1. The molecule has 2 aromatic rings. The summed E-state index contributed by atoms with van der Waals surface area (Å²) >= 11 is 7.68. The Kier molecular flexibility index (Phi) is 5.43. The Morgan fingerprint density at radius 2 is 2.05 bits per heavy atom. The SMILES string of the molecule is COCCOc1ccccc1C(O)c1scc(C)c1Cl. The van der Waals surface area contributed by atoms with Gasteiger partial charge in [-0.1, -0.05) is 29.8 Å². The van der Waals surface area contributed by atoms with Crippen molar-refractivity contribution >= 4 is 22.9 Å². The third-order valence-corrected chi connectivity index (χ3v) is 4.70. The summed E-state index contributed by atoms with van der Waals surface area (Å²) in [7, 11) is 1.62. The van der Waals surface area contributed by atoms with Crippen LogP contribution in [0.15, 0.2) is 29.6 Å². The van der Waals surface area contributed by atoms with E-state index in [1.54, 1.807) is 7.11 Å². The van der Waals surface area contributed by atoms with Crippen molar-refractivity contribution in [3.8, 4) is 5.75 Å². The number of ether oxygens (including phenoxy) is 2. The number of hydrogen-bond acceptors (Lipinski definition) is 4. The van der Waals surface area contributed by atoms with Gasteiger partial charge in [-0.2, -0.15) is 0 Å². The van der Waals surface area contributed by atoms with Gasteiger partial charge in [0.15, 0.2) is 0 Å². The van der Waals surface area contributed by atoms with E-state index in [0.717, 1.165) is 10.4 Å². The zero-order chi connectivity index (χ0) is 14.5. The number of aliphatic hydroxyl groups is 1. The van der Waals surface area contributed by atoms with Crippen molar-refractivity contribution in [2.45, 2.75) is 13.0 Å². The molecule has 0 amide bonds. The van der Waals surface area contributed by atoms with Gasteiger partial charge >= 0.3 is 0 Å². The molecule has 1 unspecified atom stereocenters. The fraction of sp³-hybridized carbons (Fsp3) is 0.333. The molecule has 0 saturated carbocycles. The lowest BCUT2D eigenvalue weighted by Gasteiger charge is -2.15. The van der Waals surface area contributed by atoms with E-state index in [-0.39, 0.29) is 0 Å². The minimum absolute atomic E-state index is 0.442. The summed E-state index contributed by atoms with van der Waals surface area (Å²) in [6.45, 7) is 2.87. The first-order valence-corrected chi connectivity index (χ1v) is 7.53. The van der Waals surface area contributed by atoms with Gasteiger partial charge < -0.3 is 14.6 Å². The summed E-state index contributed by atoms with van der Waals surface area (Å²) in [5.41, 5.74) is 1.69. The van der Waals surface area contributed by atoms with Crippen LogP contribution in [0, 0.1) is 6.92 Å². The number of methoxy groups -OCH3 is 1. The molecule has 0 radical (unpaired) electrons. The van der Waals surface area contributed by atoms with Crippen LogP contribution >= 0.6 is 22.9 Å². The molecule has 0 saturated heterocycles. The third-order valence-electron chi connectivity index (χ3n) is 2.93. The minimum atomic E-state index is -0.778. The molecule has 1 aromatic carbocycles. The first kappa shape index (κ1) is 15.3. The van der Waals surface area contributed by atoms with Gasteiger partial charge in [0.05, 0.1) is 16.5 Å². The van der Waals surface area contributed by atoms with Gasteiger partial charge in [0.25, 0.3) is 0 Å². The number of benzene rings is 1. The predicted octanol–water partition coefficient (Wildman–Crippen LogP) is 3.82. The van der Waals surface area contributed by atoms with Crippen molar-refractivity contribution < 1.29 is 14.6 Å². The standard InChI is InChI=1S/C15H17ClO3S/c1-10-9-20-15(13(10)16)14(17)11-5-3-4-6-12(11)19-8-7-18-2/h3-6,9,14,17H,7-8H2,1-2H3. The molecule has 1 aromatic heterocycles. The minimum Gasteiger partial charge on any atom is -0.491 e. The number of aliphatic hydroxyl groups excluding tert-OH is 1. The smallest absolute Gasteiger partial charge is 0.125 e. The summed E-state index contributed by atoms with van der Waals surface area (Å²) in [6, 6.07) is 7.43. The predicted molar refractivity (Wildman–Crippen MR) is 81.9 cm³/mol. The maximum atomic E-state index is 10.5. The van der Waals surface area contributed by atoms with Crippen LogP contribution in [0.3, 0.4) is 0 Å². The lowest BCUT2D eigenvalue weighted by atomic mass is 10.1. The highest BCUT2D eigenvalue weighted by atomic mass is 35.5. The summed E-state index contributed by atoms with van der Waals surface area (Å²) in [5.74, 6) is 0.652. The average molecular weight is 313 g/mol. The molecule has 1 heterocycles. The Bertz CT molecular complexity index is 568. The van der Waals surface area contributed by atoms with Crippen LogP contribution in [0.2, 0.25) is 5.02 Å². The van der Waals surface area contributed by atoms with E-state index in [0.29, 0.717) is 29.5 Å². The number of halogens is 1. The summed E-state index contributed by atoms with van der Waals surface area (Å²) in [6.07, 6.45) is -0.778. The van der Waals surface area contributed by atoms with E-state index in [1.807, 2.05) is 36.6 Å². The zero-order valence-corrected chi connectivity index (χ0v) is 13.0. The normalized spacial score (nSPS) is 12.4. The van der Waals surface area contributed by atoms with Crippen LogP contribution in [-0.4, -0.2) is 25.4 Å². The molecule has 3 nitrogen and oxygen atoms in total. The molecule has 5 heteroatoms. The Morgan fingerprint density at radius 3 is 2.70 bits per heavy atom. The molecule has 1 N–H and O–H groups in total. The molecule has 0 fully saturated rings. The van der Waals surface area contributed by atoms with Crippen LogP contribution in [-0.2, 0) is 4.74 Å². The Morgan fingerprint density at radius 1 is 1.30 bits per heavy atom. The Balaban J connectivity index is 2.25. The summed E-state index contributed by atoms with van der Waals surface area (Å²) in [4.78, 5) is 0.743. The Labute approximate surface area is 127 Å². The summed E-state index contributed by atoms with van der Waals surface area (Å²) in [5, 5.41) is 13.1. The lowest BCUT2D eigenvalue weighted by molar-refractivity contribution is 0.142. The first-order chi connectivity index (χ1) is 9.65. The van der Waals surface area contributed by atoms with Crippen LogP contribution in [0.25, 0.3) is 0 Å². The van der Waals surface area contributed by atoms with E-state index >= 15 is 0 Å². The molecule has 2 rings (SSSR count). The van der Waals surface area contributed by atoms with Crippen molar-refractivity contribution in [1.82, 2.24) is 0 Å². The molecule has 1 atom stereocenters. The highest BCUT2D eigenvalue weighted by molar-refractivity contribution is 7.10. The van der Waals surface area contributed by atoms with Crippen LogP contribution in [0.4, 0.5) is 0 Å². The largest absolute Gasteiger partial charge is 0.491 e. The molecular formula is C15H17ClO3S. The first-order valence-electron chi connectivity index (χ1n) is 6.27. The molecule has 0 spiro atoms. The van der Waals surface area contributed by atoms with Crippen molar-refractivity contribution in [2.75, 3.05) is 20.3 Å². The molecular weight excluding hydrogens is 296 g/mol. The van der Waals surface area contributed by atoms with Crippen molar-refractivity contribution in [3.05, 3.63) is 50.7 Å². The second-order valence-electron chi connectivity index (χ2n) is 4.38. The average Bonchev–Trinajstić information content (AvgIpc) is 2.79. The van der Waals surface area contributed by atoms with Gasteiger partial charge in [-0.25, -0.2) is 0 Å². The van der Waals surface area contributed by atoms with Gasteiger partial charge in [-0.15, -0.1) is 11.3 Å². The highest BCUT2D eigenvalue weighted by Gasteiger charge is 2.20. The van der Waals surface area contributed by atoms with Gasteiger partial charge in [0.2, 0.25) is 0 Å². The van der Waals surface area contributed by atoms with E-state index < -0.39 is 6.10 Å². The molecule has 20 heavy (non-hydrogen) atoms.